The van der Waals surface area contributed by atoms with Crippen molar-refractivity contribution in [2.24, 2.45) is 5.92 Å². The van der Waals surface area contributed by atoms with Gasteiger partial charge in [-0.15, -0.1) is 12.4 Å². The summed E-state index contributed by atoms with van der Waals surface area (Å²) in [4.78, 5) is 13.1. The van der Waals surface area contributed by atoms with Crippen molar-refractivity contribution < 1.29 is 9.53 Å². The molecule has 0 unspecified atom stereocenters. The standard InChI is InChI=1S/C19H25ClN4O2.ClH/c1-14(2)13-26-17-5-4-15(12-16(17)20)23-18(25)19(6-9-21-10-7-19)24-11-3-8-22-24;/h3-5,8,11-12,14,21H,6-7,9-10,13H2,1-2H3,(H,23,25);1H. The van der Waals surface area contributed by atoms with E-state index in [1.54, 1.807) is 23.0 Å². The Balaban J connectivity index is 0.00000261. The predicted molar refractivity (Wildman–Crippen MR) is 110 cm³/mol. The molecule has 2 N–H and O–H groups in total. The molecule has 1 aromatic heterocycles. The molecule has 1 aliphatic rings. The van der Waals surface area contributed by atoms with Gasteiger partial charge < -0.3 is 15.4 Å². The summed E-state index contributed by atoms with van der Waals surface area (Å²) in [6.07, 6.45) is 4.92. The Labute approximate surface area is 171 Å². The summed E-state index contributed by atoms with van der Waals surface area (Å²) < 4.78 is 7.45. The van der Waals surface area contributed by atoms with Gasteiger partial charge in [0, 0.05) is 18.1 Å². The van der Waals surface area contributed by atoms with E-state index < -0.39 is 5.54 Å². The number of halogens is 2. The zero-order valence-corrected chi connectivity index (χ0v) is 17.1. The molecular formula is C19H26Cl2N4O2. The van der Waals surface area contributed by atoms with Crippen LogP contribution < -0.4 is 15.4 Å². The fraction of sp³-hybridized carbons (Fsp3) is 0.474. The number of anilines is 1. The topological polar surface area (TPSA) is 68.2 Å². The number of aromatic nitrogens is 2. The third-order valence-corrected chi connectivity index (χ3v) is 4.85. The van der Waals surface area contributed by atoms with Gasteiger partial charge in [-0.25, -0.2) is 0 Å². The SMILES string of the molecule is CC(C)COc1ccc(NC(=O)C2(n3cccn3)CCNCC2)cc1Cl.Cl. The lowest BCUT2D eigenvalue weighted by molar-refractivity contribution is -0.126. The second kappa shape index (κ2) is 9.44. The number of nitrogens with one attached hydrogen (secondary N) is 2. The Kier molecular flexibility index (Phi) is 7.53. The molecule has 27 heavy (non-hydrogen) atoms. The summed E-state index contributed by atoms with van der Waals surface area (Å²) >= 11 is 6.31. The second-order valence-corrected chi connectivity index (χ2v) is 7.44. The Bertz CT molecular complexity index is 744. The molecule has 1 aliphatic heterocycles. The van der Waals surface area contributed by atoms with Crippen LogP contribution in [0.2, 0.25) is 5.02 Å². The van der Waals surface area contributed by atoms with E-state index in [1.165, 1.54) is 0 Å². The average Bonchev–Trinajstić information content (AvgIpc) is 3.16. The van der Waals surface area contributed by atoms with E-state index in [9.17, 15) is 4.79 Å². The van der Waals surface area contributed by atoms with Crippen LogP contribution in [0.15, 0.2) is 36.7 Å². The maximum absolute atomic E-state index is 13.1. The van der Waals surface area contributed by atoms with Crippen LogP contribution in [0.25, 0.3) is 0 Å². The monoisotopic (exact) mass is 412 g/mol. The lowest BCUT2D eigenvalue weighted by Gasteiger charge is -2.36. The van der Waals surface area contributed by atoms with E-state index >= 15 is 0 Å². The van der Waals surface area contributed by atoms with Gasteiger partial charge in [0.15, 0.2) is 0 Å². The normalized spacial score (nSPS) is 15.9. The average molecular weight is 413 g/mol. The Morgan fingerprint density at radius 1 is 1.41 bits per heavy atom. The summed E-state index contributed by atoms with van der Waals surface area (Å²) in [7, 11) is 0. The lowest BCUT2D eigenvalue weighted by Crippen LogP contribution is -2.52. The number of nitrogens with zero attached hydrogens (tertiary/aromatic N) is 2. The van der Waals surface area contributed by atoms with Crippen molar-refractivity contribution in [3.8, 4) is 5.75 Å². The number of amides is 1. The summed E-state index contributed by atoms with van der Waals surface area (Å²) in [5.74, 6) is 0.968. The summed E-state index contributed by atoms with van der Waals surface area (Å²) in [5, 5.41) is 11.1. The van der Waals surface area contributed by atoms with Crippen molar-refractivity contribution in [2.45, 2.75) is 32.2 Å². The van der Waals surface area contributed by atoms with Crippen molar-refractivity contribution in [1.82, 2.24) is 15.1 Å². The Hall–Kier alpha value is -1.76. The van der Waals surface area contributed by atoms with Crippen LogP contribution in [0.3, 0.4) is 0 Å². The highest BCUT2D eigenvalue weighted by atomic mass is 35.5. The molecule has 0 saturated carbocycles. The van der Waals surface area contributed by atoms with Gasteiger partial charge in [0.05, 0.1) is 11.6 Å². The number of carbonyl (C=O) groups excluding carboxylic acids is 1. The van der Waals surface area contributed by atoms with Crippen LogP contribution in [-0.2, 0) is 10.3 Å². The maximum atomic E-state index is 13.1. The number of ether oxygens (including phenoxy) is 1. The third kappa shape index (κ3) is 4.94. The minimum atomic E-state index is -0.686. The van der Waals surface area contributed by atoms with Gasteiger partial charge >= 0.3 is 0 Å². The van der Waals surface area contributed by atoms with E-state index in [-0.39, 0.29) is 18.3 Å². The minimum absolute atomic E-state index is 0. The van der Waals surface area contributed by atoms with Crippen molar-refractivity contribution in [1.29, 1.82) is 0 Å². The largest absolute Gasteiger partial charge is 0.492 e. The first kappa shape index (κ1) is 21.5. The van der Waals surface area contributed by atoms with Crippen LogP contribution in [0, 0.1) is 5.92 Å². The van der Waals surface area contributed by atoms with Crippen molar-refractivity contribution in [3.63, 3.8) is 0 Å². The molecule has 6 nitrogen and oxygen atoms in total. The van der Waals surface area contributed by atoms with Crippen LogP contribution in [0.1, 0.15) is 26.7 Å². The van der Waals surface area contributed by atoms with E-state index in [1.807, 2.05) is 18.3 Å². The molecule has 148 valence electrons. The van der Waals surface area contributed by atoms with Gasteiger partial charge in [0.1, 0.15) is 11.3 Å². The summed E-state index contributed by atoms with van der Waals surface area (Å²) in [6, 6.07) is 7.18. The molecule has 0 atom stereocenters. The highest BCUT2D eigenvalue weighted by Gasteiger charge is 2.42. The van der Waals surface area contributed by atoms with Gasteiger partial charge in [-0.2, -0.15) is 5.10 Å². The summed E-state index contributed by atoms with van der Waals surface area (Å²) in [6.45, 7) is 6.30. The number of rotatable bonds is 6. The molecule has 0 bridgehead atoms. The molecule has 1 aromatic carbocycles. The van der Waals surface area contributed by atoms with Crippen molar-refractivity contribution >= 4 is 35.6 Å². The molecule has 0 radical (unpaired) electrons. The first-order chi connectivity index (χ1) is 12.5. The first-order valence-corrected chi connectivity index (χ1v) is 9.34. The van der Waals surface area contributed by atoms with Crippen molar-refractivity contribution in [3.05, 3.63) is 41.7 Å². The molecule has 0 spiro atoms. The highest BCUT2D eigenvalue weighted by Crippen LogP contribution is 2.31. The van der Waals surface area contributed by atoms with Crippen LogP contribution in [-0.4, -0.2) is 35.4 Å². The van der Waals surface area contributed by atoms with E-state index in [0.29, 0.717) is 41.8 Å². The Morgan fingerprint density at radius 2 is 2.15 bits per heavy atom. The molecule has 1 amide bonds. The number of benzene rings is 1. The van der Waals surface area contributed by atoms with Crippen molar-refractivity contribution in [2.75, 3.05) is 25.0 Å². The van der Waals surface area contributed by atoms with Crippen LogP contribution in [0.5, 0.6) is 5.75 Å². The number of hydrogen-bond donors (Lipinski definition) is 2. The van der Waals surface area contributed by atoms with E-state index in [0.717, 1.165) is 13.1 Å². The van der Waals surface area contributed by atoms with Gasteiger partial charge in [0.25, 0.3) is 5.91 Å². The maximum Gasteiger partial charge on any atom is 0.252 e. The number of carbonyl (C=O) groups is 1. The minimum Gasteiger partial charge on any atom is -0.492 e. The third-order valence-electron chi connectivity index (χ3n) is 4.56. The fourth-order valence-electron chi connectivity index (χ4n) is 3.12. The van der Waals surface area contributed by atoms with E-state index in [4.69, 9.17) is 16.3 Å². The number of hydrogen-bond acceptors (Lipinski definition) is 4. The van der Waals surface area contributed by atoms with Crippen LogP contribution in [0.4, 0.5) is 5.69 Å². The van der Waals surface area contributed by atoms with Gasteiger partial charge in [-0.3, -0.25) is 9.48 Å². The van der Waals surface area contributed by atoms with E-state index in [2.05, 4.69) is 29.6 Å². The molecule has 0 aliphatic carbocycles. The molecule has 2 heterocycles. The lowest BCUT2D eigenvalue weighted by atomic mass is 9.87. The quantitative estimate of drug-likeness (QED) is 0.758. The van der Waals surface area contributed by atoms with Gasteiger partial charge in [-0.05, 0) is 56.1 Å². The molecule has 2 aromatic rings. The smallest absolute Gasteiger partial charge is 0.252 e. The van der Waals surface area contributed by atoms with Gasteiger partial charge in [0.2, 0.25) is 0 Å². The molecular weight excluding hydrogens is 387 g/mol. The molecule has 1 saturated heterocycles. The highest BCUT2D eigenvalue weighted by molar-refractivity contribution is 6.32. The zero-order chi connectivity index (χ0) is 18.6. The molecule has 3 rings (SSSR count). The first-order valence-electron chi connectivity index (χ1n) is 8.96. The summed E-state index contributed by atoms with van der Waals surface area (Å²) in [5.41, 5.74) is -0.0319. The zero-order valence-electron chi connectivity index (χ0n) is 15.6. The second-order valence-electron chi connectivity index (χ2n) is 7.04. The van der Waals surface area contributed by atoms with Gasteiger partial charge in [-0.1, -0.05) is 25.4 Å². The number of piperidine rings is 1. The molecule has 8 heteroatoms. The molecule has 1 fully saturated rings. The predicted octanol–water partition coefficient (Wildman–Crippen LogP) is 3.71. The Morgan fingerprint density at radius 3 is 2.74 bits per heavy atom. The fourth-order valence-corrected chi connectivity index (χ4v) is 3.36. The van der Waals surface area contributed by atoms with Crippen LogP contribution >= 0.6 is 24.0 Å².